The molecule has 1 aromatic rings. The highest BCUT2D eigenvalue weighted by atomic mass is 32.1. The minimum atomic E-state index is 0.101. The summed E-state index contributed by atoms with van der Waals surface area (Å²) in [6.07, 6.45) is 5.26. The number of rotatable bonds is 6. The number of hydrogen-bond acceptors (Lipinski definition) is 4. The molecule has 1 aromatic heterocycles. The van der Waals surface area contributed by atoms with Crippen molar-refractivity contribution in [3.8, 4) is 0 Å². The third-order valence-electron chi connectivity index (χ3n) is 5.22. The molecule has 0 radical (unpaired) electrons. The van der Waals surface area contributed by atoms with Crippen molar-refractivity contribution in [3.05, 3.63) is 22.4 Å². The lowest BCUT2D eigenvalue weighted by Gasteiger charge is -2.34. The van der Waals surface area contributed by atoms with Crippen molar-refractivity contribution in [2.45, 2.75) is 51.1 Å². The molecule has 2 aliphatic rings. The molecule has 0 unspecified atom stereocenters. The van der Waals surface area contributed by atoms with Gasteiger partial charge in [-0.3, -0.25) is 14.5 Å². The average molecular weight is 350 g/mol. The maximum atomic E-state index is 12.3. The Hall–Kier alpha value is -1.40. The molecule has 3 rings (SSSR count). The smallest absolute Gasteiger partial charge is 0.234 e. The predicted octanol–water partition coefficient (Wildman–Crippen LogP) is 1.88. The molecular weight excluding hydrogens is 322 g/mol. The highest BCUT2D eigenvalue weighted by Crippen LogP contribution is 2.29. The van der Waals surface area contributed by atoms with Gasteiger partial charge in [-0.1, -0.05) is 0 Å². The Kier molecular flexibility index (Phi) is 5.89. The van der Waals surface area contributed by atoms with Crippen LogP contribution < -0.4 is 5.32 Å². The number of amides is 2. The summed E-state index contributed by atoms with van der Waals surface area (Å²) in [5.74, 6) is 0.272. The number of hydrogen-bond donors (Lipinski definition) is 1. The van der Waals surface area contributed by atoms with Crippen LogP contribution in [0.1, 0.15) is 38.2 Å². The zero-order valence-corrected chi connectivity index (χ0v) is 15.2. The van der Waals surface area contributed by atoms with Crippen LogP contribution in [0, 0.1) is 0 Å². The molecule has 0 saturated carbocycles. The maximum absolute atomic E-state index is 12.3. The lowest BCUT2D eigenvalue weighted by molar-refractivity contribution is -0.130. The van der Waals surface area contributed by atoms with Gasteiger partial charge in [0, 0.05) is 32.1 Å². The van der Waals surface area contributed by atoms with E-state index in [-0.39, 0.29) is 11.8 Å². The summed E-state index contributed by atoms with van der Waals surface area (Å²) in [5.41, 5.74) is 1.28. The van der Waals surface area contributed by atoms with Gasteiger partial charge in [0.2, 0.25) is 11.8 Å². The van der Waals surface area contributed by atoms with Gasteiger partial charge in [0.1, 0.15) is 0 Å². The molecule has 2 amide bonds. The fourth-order valence-corrected chi connectivity index (χ4v) is 4.79. The van der Waals surface area contributed by atoms with Crippen LogP contribution in [0.15, 0.2) is 16.8 Å². The summed E-state index contributed by atoms with van der Waals surface area (Å²) in [7, 11) is 0. The van der Waals surface area contributed by atoms with Gasteiger partial charge in [0.05, 0.1) is 6.54 Å². The lowest BCUT2D eigenvalue weighted by Crippen LogP contribution is -2.50. The Bertz CT molecular complexity index is 561. The first-order valence-corrected chi connectivity index (χ1v) is 9.88. The van der Waals surface area contributed by atoms with Crippen LogP contribution in [0.5, 0.6) is 0 Å². The second-order valence-corrected chi connectivity index (χ2v) is 7.61. The normalized spacial score (nSPS) is 24.5. The number of carbonyl (C=O) groups is 2. The molecule has 0 bridgehead atoms. The molecule has 5 nitrogen and oxygen atoms in total. The molecule has 2 saturated heterocycles. The van der Waals surface area contributed by atoms with E-state index in [1.54, 1.807) is 18.3 Å². The number of carbonyl (C=O) groups excluding carboxylic acids is 2. The molecule has 3 heterocycles. The largest absolute Gasteiger partial charge is 0.355 e. The third kappa shape index (κ3) is 4.16. The van der Waals surface area contributed by atoms with Crippen LogP contribution >= 0.6 is 11.3 Å². The minimum absolute atomic E-state index is 0.101. The number of likely N-dealkylation sites (tertiary alicyclic amines) is 2. The Morgan fingerprint density at radius 1 is 1.25 bits per heavy atom. The van der Waals surface area contributed by atoms with Crippen LogP contribution in [-0.2, 0) is 16.0 Å². The highest BCUT2D eigenvalue weighted by Gasteiger charge is 2.39. The average Bonchev–Trinajstić information content (AvgIpc) is 3.28. The van der Waals surface area contributed by atoms with Gasteiger partial charge in [-0.05, 0) is 61.0 Å². The third-order valence-corrected chi connectivity index (χ3v) is 5.96. The monoisotopic (exact) mass is 349 g/mol. The van der Waals surface area contributed by atoms with E-state index in [4.69, 9.17) is 0 Å². The summed E-state index contributed by atoms with van der Waals surface area (Å²) >= 11 is 1.69. The lowest BCUT2D eigenvalue weighted by atomic mass is 10.0. The minimum Gasteiger partial charge on any atom is -0.355 e. The molecule has 0 aromatic carbocycles. The first kappa shape index (κ1) is 17.4. The first-order valence-electron chi connectivity index (χ1n) is 8.94. The van der Waals surface area contributed by atoms with Crippen molar-refractivity contribution < 1.29 is 9.59 Å². The summed E-state index contributed by atoms with van der Waals surface area (Å²) in [6.45, 7) is 4.64. The zero-order valence-electron chi connectivity index (χ0n) is 14.4. The Morgan fingerprint density at radius 2 is 2.04 bits per heavy atom. The van der Waals surface area contributed by atoms with E-state index in [0.29, 0.717) is 25.2 Å². The van der Waals surface area contributed by atoms with Crippen molar-refractivity contribution in [1.29, 1.82) is 0 Å². The Morgan fingerprint density at radius 3 is 2.79 bits per heavy atom. The van der Waals surface area contributed by atoms with E-state index < -0.39 is 0 Å². The van der Waals surface area contributed by atoms with Crippen molar-refractivity contribution >= 4 is 23.2 Å². The van der Waals surface area contributed by atoms with E-state index in [1.807, 2.05) is 4.90 Å². The van der Waals surface area contributed by atoms with Gasteiger partial charge in [-0.2, -0.15) is 11.3 Å². The zero-order chi connectivity index (χ0) is 16.9. The predicted molar refractivity (Wildman–Crippen MR) is 96.0 cm³/mol. The molecule has 132 valence electrons. The van der Waals surface area contributed by atoms with Crippen LogP contribution in [0.3, 0.4) is 0 Å². The fourth-order valence-electron chi connectivity index (χ4n) is 4.09. The topological polar surface area (TPSA) is 52.7 Å². The Balaban J connectivity index is 1.48. The number of nitrogens with one attached hydrogen (secondary N) is 1. The van der Waals surface area contributed by atoms with Crippen molar-refractivity contribution in [2.75, 3.05) is 26.2 Å². The van der Waals surface area contributed by atoms with E-state index in [9.17, 15) is 9.59 Å². The SMILES string of the molecule is CC(=O)N1CCC[C@@H]1[C@@H]1CCCN1CC(=O)NCCc1ccsc1. The van der Waals surface area contributed by atoms with Crippen molar-refractivity contribution in [1.82, 2.24) is 15.1 Å². The van der Waals surface area contributed by atoms with Gasteiger partial charge < -0.3 is 10.2 Å². The van der Waals surface area contributed by atoms with Crippen LogP contribution in [0.25, 0.3) is 0 Å². The molecule has 1 N–H and O–H groups in total. The van der Waals surface area contributed by atoms with Crippen LogP contribution in [0.2, 0.25) is 0 Å². The fraction of sp³-hybridized carbons (Fsp3) is 0.667. The van der Waals surface area contributed by atoms with E-state index in [0.717, 1.165) is 45.2 Å². The number of nitrogens with zero attached hydrogens (tertiary/aromatic N) is 2. The van der Waals surface area contributed by atoms with Gasteiger partial charge in [-0.25, -0.2) is 0 Å². The van der Waals surface area contributed by atoms with E-state index in [2.05, 4.69) is 27.0 Å². The summed E-state index contributed by atoms with van der Waals surface area (Å²) in [6, 6.07) is 2.74. The molecule has 24 heavy (non-hydrogen) atoms. The van der Waals surface area contributed by atoms with E-state index in [1.165, 1.54) is 5.56 Å². The second-order valence-electron chi connectivity index (χ2n) is 6.83. The molecule has 0 aliphatic carbocycles. The molecule has 2 aliphatic heterocycles. The summed E-state index contributed by atoms with van der Waals surface area (Å²) in [4.78, 5) is 28.4. The standard InChI is InChI=1S/C18H27N3O2S/c1-14(22)21-10-3-5-17(21)16-4-2-9-20(16)12-18(23)19-8-6-15-7-11-24-13-15/h7,11,13,16-17H,2-6,8-10,12H2,1H3,(H,19,23)/t16-,17+/m0/s1. The van der Waals surface area contributed by atoms with Crippen molar-refractivity contribution in [3.63, 3.8) is 0 Å². The second kappa shape index (κ2) is 8.12. The summed E-state index contributed by atoms with van der Waals surface area (Å²) < 4.78 is 0. The first-order chi connectivity index (χ1) is 11.6. The van der Waals surface area contributed by atoms with Crippen LogP contribution in [-0.4, -0.2) is 59.9 Å². The van der Waals surface area contributed by atoms with Crippen LogP contribution in [0.4, 0.5) is 0 Å². The van der Waals surface area contributed by atoms with Gasteiger partial charge >= 0.3 is 0 Å². The maximum Gasteiger partial charge on any atom is 0.234 e. The molecule has 6 heteroatoms. The van der Waals surface area contributed by atoms with Gasteiger partial charge in [-0.15, -0.1) is 0 Å². The van der Waals surface area contributed by atoms with Gasteiger partial charge in [0.25, 0.3) is 0 Å². The van der Waals surface area contributed by atoms with E-state index >= 15 is 0 Å². The molecule has 2 atom stereocenters. The molecule has 2 fully saturated rings. The summed E-state index contributed by atoms with van der Waals surface area (Å²) in [5, 5.41) is 7.22. The molecular formula is C18H27N3O2S. The van der Waals surface area contributed by atoms with Crippen molar-refractivity contribution in [2.24, 2.45) is 0 Å². The number of thiophene rings is 1. The van der Waals surface area contributed by atoms with Gasteiger partial charge in [0.15, 0.2) is 0 Å². The quantitative estimate of drug-likeness (QED) is 0.853. The Labute approximate surface area is 148 Å². The highest BCUT2D eigenvalue weighted by molar-refractivity contribution is 7.07. The molecule has 0 spiro atoms.